The van der Waals surface area contributed by atoms with Crippen LogP contribution in [0.2, 0.25) is 0 Å². The fraction of sp³-hybridized carbons (Fsp3) is 0.636. The van der Waals surface area contributed by atoms with Crippen LogP contribution in [0, 0.1) is 0 Å². The highest BCUT2D eigenvalue weighted by molar-refractivity contribution is 5.27. The van der Waals surface area contributed by atoms with Crippen LogP contribution >= 0.6 is 0 Å². The summed E-state index contributed by atoms with van der Waals surface area (Å²) in [5, 5.41) is 0. The van der Waals surface area contributed by atoms with E-state index in [-0.39, 0.29) is 6.10 Å². The molecule has 0 aliphatic heterocycles. The van der Waals surface area contributed by atoms with Crippen LogP contribution in [0.5, 0.6) is 5.75 Å². The Morgan fingerprint density at radius 2 is 1.64 bits per heavy atom. The highest BCUT2D eigenvalue weighted by Gasteiger charge is 2.08. The van der Waals surface area contributed by atoms with Crippen LogP contribution in [0.15, 0.2) is 36.9 Å². The summed E-state index contributed by atoms with van der Waals surface area (Å²) in [6, 6.07) is 8.44. The first-order chi connectivity index (χ1) is 12.3. The van der Waals surface area contributed by atoms with Gasteiger partial charge in [-0.05, 0) is 30.5 Å². The maximum Gasteiger partial charge on any atom is 0.119 e. The number of ether oxygens (including phenoxy) is 3. The molecular formula is C22H36O3. The van der Waals surface area contributed by atoms with E-state index in [0.29, 0.717) is 19.8 Å². The minimum Gasteiger partial charge on any atom is -0.491 e. The van der Waals surface area contributed by atoms with Gasteiger partial charge < -0.3 is 14.2 Å². The van der Waals surface area contributed by atoms with Crippen molar-refractivity contribution >= 4 is 0 Å². The first kappa shape index (κ1) is 21.7. The van der Waals surface area contributed by atoms with E-state index >= 15 is 0 Å². The molecule has 0 saturated heterocycles. The number of benzene rings is 1. The molecule has 3 heteroatoms. The van der Waals surface area contributed by atoms with E-state index < -0.39 is 0 Å². The number of hydrogen-bond acceptors (Lipinski definition) is 3. The largest absolute Gasteiger partial charge is 0.491 e. The van der Waals surface area contributed by atoms with Crippen LogP contribution in [0.1, 0.15) is 57.4 Å². The fourth-order valence-corrected chi connectivity index (χ4v) is 2.69. The lowest BCUT2D eigenvalue weighted by molar-refractivity contribution is -0.00747. The van der Waals surface area contributed by atoms with Gasteiger partial charge in [-0.2, -0.15) is 0 Å². The average Bonchev–Trinajstić information content (AvgIpc) is 2.65. The molecule has 0 spiro atoms. The molecule has 0 radical (unpaired) electrons. The molecule has 1 aromatic carbocycles. The Balaban J connectivity index is 2.18. The maximum absolute atomic E-state index is 5.79. The van der Waals surface area contributed by atoms with Gasteiger partial charge in [-0.1, -0.05) is 63.7 Å². The molecule has 0 aliphatic carbocycles. The number of unbranched alkanes of at least 4 members (excludes halogenated alkanes) is 6. The van der Waals surface area contributed by atoms with Crippen molar-refractivity contribution in [1.82, 2.24) is 0 Å². The van der Waals surface area contributed by atoms with Gasteiger partial charge in [0.2, 0.25) is 0 Å². The highest BCUT2D eigenvalue weighted by atomic mass is 16.6. The van der Waals surface area contributed by atoms with E-state index in [1.807, 2.05) is 12.1 Å². The monoisotopic (exact) mass is 348 g/mol. The Morgan fingerprint density at radius 1 is 0.960 bits per heavy atom. The van der Waals surface area contributed by atoms with Gasteiger partial charge in [0, 0.05) is 7.11 Å². The topological polar surface area (TPSA) is 27.7 Å². The minimum atomic E-state index is -0.0627. The minimum absolute atomic E-state index is 0.0627. The predicted molar refractivity (Wildman–Crippen MR) is 105 cm³/mol. The lowest BCUT2D eigenvalue weighted by Crippen LogP contribution is -2.26. The Labute approximate surface area is 154 Å². The molecule has 0 aliphatic rings. The Kier molecular flexibility index (Phi) is 13.0. The van der Waals surface area contributed by atoms with E-state index in [1.165, 1.54) is 50.5 Å². The summed E-state index contributed by atoms with van der Waals surface area (Å²) in [5.74, 6) is 0.883. The highest BCUT2D eigenvalue weighted by Crippen LogP contribution is 2.15. The molecule has 1 aromatic rings. The van der Waals surface area contributed by atoms with Gasteiger partial charge in [0.25, 0.3) is 0 Å². The second kappa shape index (κ2) is 15.0. The van der Waals surface area contributed by atoms with Crippen molar-refractivity contribution in [3.63, 3.8) is 0 Å². The van der Waals surface area contributed by atoms with Crippen LogP contribution in [0.4, 0.5) is 0 Å². The molecule has 1 rings (SSSR count). The molecule has 1 unspecified atom stereocenters. The third-order valence-corrected chi connectivity index (χ3v) is 4.30. The summed E-state index contributed by atoms with van der Waals surface area (Å²) in [6.07, 6.45) is 12.3. The normalized spacial score (nSPS) is 12.1. The molecule has 3 nitrogen and oxygen atoms in total. The van der Waals surface area contributed by atoms with Crippen LogP contribution in [-0.4, -0.2) is 33.0 Å². The zero-order chi connectivity index (χ0) is 18.2. The van der Waals surface area contributed by atoms with E-state index in [0.717, 1.165) is 12.2 Å². The average molecular weight is 349 g/mol. The molecule has 0 fully saturated rings. The zero-order valence-electron chi connectivity index (χ0n) is 16.2. The van der Waals surface area contributed by atoms with Gasteiger partial charge in [0.1, 0.15) is 18.5 Å². The summed E-state index contributed by atoms with van der Waals surface area (Å²) >= 11 is 0. The van der Waals surface area contributed by atoms with Crippen LogP contribution in [0.25, 0.3) is 0 Å². The van der Waals surface area contributed by atoms with Gasteiger partial charge in [-0.3, -0.25) is 0 Å². The molecule has 0 N–H and O–H groups in total. The van der Waals surface area contributed by atoms with Crippen molar-refractivity contribution in [2.24, 2.45) is 0 Å². The smallest absolute Gasteiger partial charge is 0.119 e. The van der Waals surface area contributed by atoms with Crippen molar-refractivity contribution in [2.45, 2.75) is 64.4 Å². The Morgan fingerprint density at radius 3 is 2.28 bits per heavy atom. The Bertz CT molecular complexity index is 427. The van der Waals surface area contributed by atoms with E-state index in [9.17, 15) is 0 Å². The van der Waals surface area contributed by atoms with Crippen molar-refractivity contribution in [3.05, 3.63) is 42.5 Å². The van der Waals surface area contributed by atoms with Crippen LogP contribution in [0.3, 0.4) is 0 Å². The third-order valence-electron chi connectivity index (χ3n) is 4.30. The number of methoxy groups -OCH3 is 1. The van der Waals surface area contributed by atoms with Crippen molar-refractivity contribution in [3.8, 4) is 5.75 Å². The number of aryl methyl sites for hydroxylation is 1. The van der Waals surface area contributed by atoms with E-state index in [1.54, 1.807) is 13.2 Å². The van der Waals surface area contributed by atoms with E-state index in [4.69, 9.17) is 14.2 Å². The lowest BCUT2D eigenvalue weighted by atomic mass is 10.0. The van der Waals surface area contributed by atoms with Crippen LogP contribution in [-0.2, 0) is 15.9 Å². The predicted octanol–water partition coefficient (Wildman–Crippen LogP) is 5.58. The standard InChI is InChI=1S/C22H36O3/c1-4-6-7-8-9-10-11-12-20-13-15-21(16-14-20)25-19-22(23-3)18-24-17-5-2/h5,13-16,22H,2,4,6-12,17-19H2,1,3H3. The summed E-state index contributed by atoms with van der Waals surface area (Å²) < 4.78 is 16.6. The summed E-state index contributed by atoms with van der Waals surface area (Å²) in [4.78, 5) is 0. The molecule has 0 bridgehead atoms. The third kappa shape index (κ3) is 11.0. The summed E-state index contributed by atoms with van der Waals surface area (Å²) in [7, 11) is 1.68. The van der Waals surface area contributed by atoms with Gasteiger partial charge in [-0.25, -0.2) is 0 Å². The second-order valence-electron chi connectivity index (χ2n) is 6.51. The zero-order valence-corrected chi connectivity index (χ0v) is 16.2. The summed E-state index contributed by atoms with van der Waals surface area (Å²) in [6.45, 7) is 7.43. The first-order valence-electron chi connectivity index (χ1n) is 9.73. The molecule has 1 atom stereocenters. The lowest BCUT2D eigenvalue weighted by Gasteiger charge is -2.16. The SMILES string of the molecule is C=CCOCC(COc1ccc(CCCCCCCCC)cc1)OC. The molecule has 25 heavy (non-hydrogen) atoms. The number of hydrogen-bond donors (Lipinski definition) is 0. The molecular weight excluding hydrogens is 312 g/mol. The van der Waals surface area contributed by atoms with Crippen molar-refractivity contribution in [2.75, 3.05) is 26.9 Å². The second-order valence-corrected chi connectivity index (χ2v) is 6.51. The molecule has 0 heterocycles. The molecule has 0 amide bonds. The Hall–Kier alpha value is -1.32. The van der Waals surface area contributed by atoms with Crippen LogP contribution < -0.4 is 4.74 Å². The number of rotatable bonds is 16. The van der Waals surface area contributed by atoms with E-state index in [2.05, 4.69) is 25.6 Å². The van der Waals surface area contributed by atoms with Crippen molar-refractivity contribution in [1.29, 1.82) is 0 Å². The first-order valence-corrected chi connectivity index (χ1v) is 9.73. The molecule has 0 aromatic heterocycles. The quantitative estimate of drug-likeness (QED) is 0.288. The molecule has 0 saturated carbocycles. The summed E-state index contributed by atoms with van der Waals surface area (Å²) in [5.41, 5.74) is 1.39. The fourth-order valence-electron chi connectivity index (χ4n) is 2.69. The van der Waals surface area contributed by atoms with Crippen molar-refractivity contribution < 1.29 is 14.2 Å². The van der Waals surface area contributed by atoms with Gasteiger partial charge in [0.15, 0.2) is 0 Å². The maximum atomic E-state index is 5.79. The van der Waals surface area contributed by atoms with Gasteiger partial charge in [0.05, 0.1) is 13.2 Å². The van der Waals surface area contributed by atoms with Gasteiger partial charge in [-0.15, -0.1) is 6.58 Å². The van der Waals surface area contributed by atoms with Gasteiger partial charge >= 0.3 is 0 Å². The molecule has 142 valence electrons.